The summed E-state index contributed by atoms with van der Waals surface area (Å²) in [6.07, 6.45) is 3.18. The number of aliphatic carboxylic acids is 1. The predicted molar refractivity (Wildman–Crippen MR) is 51.5 cm³/mol. The summed E-state index contributed by atoms with van der Waals surface area (Å²) in [7, 11) is 0. The summed E-state index contributed by atoms with van der Waals surface area (Å²) >= 11 is 0. The van der Waals surface area contributed by atoms with E-state index in [0.717, 1.165) is 0 Å². The molecule has 0 saturated heterocycles. The van der Waals surface area contributed by atoms with Crippen LogP contribution >= 0.6 is 0 Å². The summed E-state index contributed by atoms with van der Waals surface area (Å²) in [6, 6.07) is 0. The average Bonchev–Trinajstić information content (AvgIpc) is 2.59. The standard InChI is InChI=1S/C9H14N2O4/c12-4-6-15-5-3-11-2-1-10-8(11)7-9(13)14/h1-2,12H,3-7H2,(H,13,14). The van der Waals surface area contributed by atoms with Gasteiger partial charge in [-0.1, -0.05) is 0 Å². The monoisotopic (exact) mass is 214 g/mol. The molecule has 0 fully saturated rings. The largest absolute Gasteiger partial charge is 0.481 e. The number of aromatic nitrogens is 2. The van der Waals surface area contributed by atoms with Crippen molar-refractivity contribution in [1.29, 1.82) is 0 Å². The minimum atomic E-state index is -0.904. The zero-order valence-corrected chi connectivity index (χ0v) is 8.30. The third kappa shape index (κ3) is 4.09. The number of carbonyl (C=O) groups is 1. The molecular formula is C9H14N2O4. The number of imidazole rings is 1. The van der Waals surface area contributed by atoms with Gasteiger partial charge >= 0.3 is 5.97 Å². The predicted octanol–water partition coefficient (Wildman–Crippen LogP) is -0.481. The molecule has 2 N–H and O–H groups in total. The van der Waals surface area contributed by atoms with Gasteiger partial charge in [-0.2, -0.15) is 0 Å². The highest BCUT2D eigenvalue weighted by molar-refractivity contribution is 5.69. The lowest BCUT2D eigenvalue weighted by molar-refractivity contribution is -0.136. The molecule has 6 heteroatoms. The van der Waals surface area contributed by atoms with E-state index in [4.69, 9.17) is 14.9 Å². The van der Waals surface area contributed by atoms with Crippen LogP contribution in [-0.2, 0) is 22.5 Å². The van der Waals surface area contributed by atoms with Crippen LogP contribution in [0.2, 0.25) is 0 Å². The zero-order chi connectivity index (χ0) is 11.1. The Hall–Kier alpha value is -1.40. The molecule has 0 saturated carbocycles. The smallest absolute Gasteiger partial charge is 0.311 e. The van der Waals surface area contributed by atoms with E-state index >= 15 is 0 Å². The molecule has 84 valence electrons. The van der Waals surface area contributed by atoms with E-state index in [1.165, 1.54) is 0 Å². The van der Waals surface area contributed by atoms with Crippen molar-refractivity contribution in [3.05, 3.63) is 18.2 Å². The second-order valence-electron chi connectivity index (χ2n) is 2.94. The number of ether oxygens (including phenoxy) is 1. The van der Waals surface area contributed by atoms with Crippen LogP contribution < -0.4 is 0 Å². The van der Waals surface area contributed by atoms with Crippen LogP contribution in [0.4, 0.5) is 0 Å². The molecule has 0 aliphatic carbocycles. The van der Waals surface area contributed by atoms with Gasteiger partial charge in [0.15, 0.2) is 0 Å². The molecule has 0 atom stereocenters. The number of carboxylic acid groups (broad SMARTS) is 1. The van der Waals surface area contributed by atoms with Crippen LogP contribution in [0.15, 0.2) is 12.4 Å². The molecule has 0 bridgehead atoms. The summed E-state index contributed by atoms with van der Waals surface area (Å²) in [5.74, 6) is -0.395. The van der Waals surface area contributed by atoms with Gasteiger partial charge in [0, 0.05) is 18.9 Å². The molecule has 0 aliphatic heterocycles. The molecule has 1 aromatic heterocycles. The van der Waals surface area contributed by atoms with E-state index in [0.29, 0.717) is 25.6 Å². The fourth-order valence-electron chi connectivity index (χ4n) is 1.18. The third-order valence-electron chi connectivity index (χ3n) is 1.82. The molecule has 15 heavy (non-hydrogen) atoms. The van der Waals surface area contributed by atoms with Crippen LogP contribution in [0.3, 0.4) is 0 Å². The zero-order valence-electron chi connectivity index (χ0n) is 8.30. The Kier molecular flexibility index (Phi) is 4.79. The quantitative estimate of drug-likeness (QED) is 0.599. The highest BCUT2D eigenvalue weighted by Crippen LogP contribution is 1.99. The third-order valence-corrected chi connectivity index (χ3v) is 1.82. The van der Waals surface area contributed by atoms with Crippen LogP contribution in [0.1, 0.15) is 5.82 Å². The first-order valence-corrected chi connectivity index (χ1v) is 4.64. The van der Waals surface area contributed by atoms with Crippen LogP contribution in [0, 0.1) is 0 Å². The maximum atomic E-state index is 10.5. The summed E-state index contributed by atoms with van der Waals surface area (Å²) < 4.78 is 6.80. The number of hydrogen-bond acceptors (Lipinski definition) is 4. The van der Waals surface area contributed by atoms with Crippen molar-refractivity contribution < 1.29 is 19.7 Å². The van der Waals surface area contributed by atoms with Crippen molar-refractivity contribution in [2.75, 3.05) is 19.8 Å². The molecular weight excluding hydrogens is 200 g/mol. The van der Waals surface area contributed by atoms with E-state index in [9.17, 15) is 4.79 Å². The van der Waals surface area contributed by atoms with Gasteiger partial charge in [-0.3, -0.25) is 4.79 Å². The van der Waals surface area contributed by atoms with E-state index in [-0.39, 0.29) is 13.0 Å². The topological polar surface area (TPSA) is 84.6 Å². The number of hydrogen-bond donors (Lipinski definition) is 2. The fraction of sp³-hybridized carbons (Fsp3) is 0.556. The van der Waals surface area contributed by atoms with Crippen molar-refractivity contribution in [2.45, 2.75) is 13.0 Å². The number of aliphatic hydroxyl groups is 1. The first-order chi connectivity index (χ1) is 7.24. The first kappa shape index (κ1) is 11.7. The Morgan fingerprint density at radius 2 is 2.33 bits per heavy atom. The Labute approximate surface area is 87.1 Å². The van der Waals surface area contributed by atoms with Crippen molar-refractivity contribution >= 4 is 5.97 Å². The van der Waals surface area contributed by atoms with Crippen LogP contribution in [0.5, 0.6) is 0 Å². The minimum absolute atomic E-state index is 0.00802. The molecule has 6 nitrogen and oxygen atoms in total. The van der Waals surface area contributed by atoms with Gasteiger partial charge in [-0.15, -0.1) is 0 Å². The van der Waals surface area contributed by atoms with Gasteiger partial charge in [-0.25, -0.2) is 4.98 Å². The molecule has 0 spiro atoms. The number of aliphatic hydroxyl groups excluding tert-OH is 1. The van der Waals surface area contributed by atoms with Gasteiger partial charge in [0.1, 0.15) is 12.2 Å². The molecule has 1 aromatic rings. The molecule has 1 heterocycles. The Bertz CT molecular complexity index is 311. The minimum Gasteiger partial charge on any atom is -0.481 e. The summed E-state index contributed by atoms with van der Waals surface area (Å²) in [6.45, 7) is 1.26. The Balaban J connectivity index is 2.39. The normalized spacial score (nSPS) is 10.5. The Morgan fingerprint density at radius 3 is 3.00 bits per heavy atom. The fourth-order valence-corrected chi connectivity index (χ4v) is 1.18. The maximum absolute atomic E-state index is 10.5. The van der Waals surface area contributed by atoms with Gasteiger partial charge in [0.2, 0.25) is 0 Å². The van der Waals surface area contributed by atoms with E-state index < -0.39 is 5.97 Å². The van der Waals surface area contributed by atoms with Gasteiger partial charge in [-0.05, 0) is 0 Å². The van der Waals surface area contributed by atoms with Gasteiger partial charge in [0.25, 0.3) is 0 Å². The molecule has 0 aliphatic rings. The molecule has 0 unspecified atom stereocenters. The van der Waals surface area contributed by atoms with Crippen molar-refractivity contribution in [3.8, 4) is 0 Å². The molecule has 0 amide bonds. The summed E-state index contributed by atoms with van der Waals surface area (Å²) in [5, 5.41) is 17.1. The van der Waals surface area contributed by atoms with E-state index in [2.05, 4.69) is 4.98 Å². The van der Waals surface area contributed by atoms with Crippen LogP contribution in [-0.4, -0.2) is 45.6 Å². The lowest BCUT2D eigenvalue weighted by Crippen LogP contribution is -2.13. The second kappa shape index (κ2) is 6.15. The van der Waals surface area contributed by atoms with Crippen LogP contribution in [0.25, 0.3) is 0 Å². The molecule has 0 radical (unpaired) electrons. The van der Waals surface area contributed by atoms with Gasteiger partial charge in [0.05, 0.1) is 19.8 Å². The first-order valence-electron chi connectivity index (χ1n) is 4.64. The lowest BCUT2D eigenvalue weighted by atomic mass is 10.4. The summed E-state index contributed by atoms with van der Waals surface area (Å²) in [4.78, 5) is 14.4. The number of nitrogens with zero attached hydrogens (tertiary/aromatic N) is 2. The van der Waals surface area contributed by atoms with Crippen molar-refractivity contribution in [3.63, 3.8) is 0 Å². The average molecular weight is 214 g/mol. The van der Waals surface area contributed by atoms with Gasteiger partial charge < -0.3 is 19.5 Å². The number of rotatable bonds is 7. The van der Waals surface area contributed by atoms with Crippen molar-refractivity contribution in [2.24, 2.45) is 0 Å². The lowest BCUT2D eigenvalue weighted by Gasteiger charge is -2.06. The molecule has 0 aromatic carbocycles. The SMILES string of the molecule is O=C(O)Cc1nccn1CCOCCO. The summed E-state index contributed by atoms with van der Waals surface area (Å²) in [5.41, 5.74) is 0. The van der Waals surface area contributed by atoms with Crippen molar-refractivity contribution in [1.82, 2.24) is 9.55 Å². The highest BCUT2D eigenvalue weighted by atomic mass is 16.5. The molecule has 1 rings (SSSR count). The maximum Gasteiger partial charge on any atom is 0.311 e. The Morgan fingerprint density at radius 1 is 1.53 bits per heavy atom. The highest BCUT2D eigenvalue weighted by Gasteiger charge is 2.06. The second-order valence-corrected chi connectivity index (χ2v) is 2.94. The number of carboxylic acids is 1. The van der Waals surface area contributed by atoms with E-state index in [1.54, 1.807) is 17.0 Å². The van der Waals surface area contributed by atoms with E-state index in [1.807, 2.05) is 0 Å².